The molecule has 0 atom stereocenters. The molecule has 4 nitrogen and oxygen atoms in total. The molecule has 0 aliphatic rings. The molecule has 0 unspecified atom stereocenters. The second kappa shape index (κ2) is 7.74. The van der Waals surface area contributed by atoms with Gasteiger partial charge >= 0.3 is 0 Å². The van der Waals surface area contributed by atoms with Gasteiger partial charge in [0.05, 0.1) is 0 Å². The largest absolute Gasteiger partial charge is 0.485 e. The third-order valence-electron chi connectivity index (χ3n) is 4.59. The Morgan fingerprint density at radius 1 is 1.04 bits per heavy atom. The van der Waals surface area contributed by atoms with Crippen molar-refractivity contribution in [2.45, 2.75) is 13.0 Å². The average molecular weight is 411 g/mol. The minimum Gasteiger partial charge on any atom is -0.485 e. The lowest BCUT2D eigenvalue weighted by atomic mass is 10.1. The number of hydrogen-bond donors (Lipinski definition) is 2. The molecular formula is C22H18Cl2N3O. The first-order valence-corrected chi connectivity index (χ1v) is 9.53. The summed E-state index contributed by atoms with van der Waals surface area (Å²) in [7, 11) is 0. The van der Waals surface area contributed by atoms with Gasteiger partial charge in [0.25, 0.3) is 0 Å². The van der Waals surface area contributed by atoms with Gasteiger partial charge in [0.2, 0.25) is 0 Å². The van der Waals surface area contributed by atoms with Crippen molar-refractivity contribution in [1.82, 2.24) is 9.97 Å². The van der Waals surface area contributed by atoms with Crippen molar-refractivity contribution >= 4 is 39.9 Å². The van der Waals surface area contributed by atoms with Crippen LogP contribution in [-0.4, -0.2) is 9.97 Å². The molecule has 28 heavy (non-hydrogen) atoms. The Labute approximate surface area is 173 Å². The Bertz CT molecular complexity index is 1130. The number of benzene rings is 2. The maximum absolute atomic E-state index is 6.21. The van der Waals surface area contributed by atoms with Gasteiger partial charge in [-0.1, -0.05) is 35.3 Å². The average Bonchev–Trinajstić information content (AvgIpc) is 3.11. The van der Waals surface area contributed by atoms with Crippen LogP contribution in [0.4, 0.5) is 5.82 Å². The normalized spacial score (nSPS) is 11.1. The Morgan fingerprint density at radius 2 is 1.82 bits per heavy atom. The molecule has 0 fully saturated rings. The van der Waals surface area contributed by atoms with Crippen LogP contribution < -0.4 is 10.5 Å². The van der Waals surface area contributed by atoms with Gasteiger partial charge in [-0.25, -0.2) is 4.98 Å². The highest BCUT2D eigenvalue weighted by Gasteiger charge is 2.11. The zero-order chi connectivity index (χ0) is 19.7. The van der Waals surface area contributed by atoms with Gasteiger partial charge in [-0.05, 0) is 55.3 Å². The fourth-order valence-electron chi connectivity index (χ4n) is 3.06. The molecule has 4 aromatic rings. The number of aromatic nitrogens is 2. The molecule has 0 spiro atoms. The van der Waals surface area contributed by atoms with Gasteiger partial charge in [0, 0.05) is 44.0 Å². The van der Waals surface area contributed by atoms with Crippen LogP contribution in [-0.2, 0) is 13.0 Å². The van der Waals surface area contributed by atoms with Crippen molar-refractivity contribution in [1.29, 1.82) is 0 Å². The van der Waals surface area contributed by atoms with E-state index in [-0.39, 0.29) is 6.61 Å². The first kappa shape index (κ1) is 18.7. The molecule has 0 saturated heterocycles. The number of nitrogens with zero attached hydrogens (tertiary/aromatic N) is 1. The quantitative estimate of drug-likeness (QED) is 0.419. The summed E-state index contributed by atoms with van der Waals surface area (Å²) in [6, 6.07) is 15.5. The molecule has 3 N–H and O–H groups in total. The molecule has 0 aliphatic carbocycles. The fraction of sp³-hybridized carbons (Fsp3) is 0.0909. The van der Waals surface area contributed by atoms with E-state index in [1.165, 1.54) is 0 Å². The molecule has 0 amide bonds. The third-order valence-corrected chi connectivity index (χ3v) is 5.30. The van der Waals surface area contributed by atoms with E-state index in [9.17, 15) is 0 Å². The molecule has 0 bridgehead atoms. The zero-order valence-electron chi connectivity index (χ0n) is 15.0. The second-order valence-corrected chi connectivity index (χ2v) is 7.26. The number of hydrogen-bond acceptors (Lipinski definition) is 3. The monoisotopic (exact) mass is 410 g/mol. The molecule has 2 aromatic carbocycles. The van der Waals surface area contributed by atoms with E-state index >= 15 is 0 Å². The number of halogens is 2. The van der Waals surface area contributed by atoms with Gasteiger partial charge in [0.1, 0.15) is 6.61 Å². The van der Waals surface area contributed by atoms with Gasteiger partial charge in [-0.15, -0.1) is 0 Å². The van der Waals surface area contributed by atoms with Crippen LogP contribution in [0.2, 0.25) is 10.0 Å². The summed E-state index contributed by atoms with van der Waals surface area (Å²) in [6.07, 6.45) is 2.46. The first-order chi connectivity index (χ1) is 13.5. The number of ether oxygens (including phenoxy) is 1. The van der Waals surface area contributed by atoms with Gasteiger partial charge in [0.15, 0.2) is 11.6 Å². The van der Waals surface area contributed by atoms with Crippen molar-refractivity contribution in [2.24, 2.45) is 0 Å². The fourth-order valence-corrected chi connectivity index (χ4v) is 3.56. The Kier molecular flexibility index (Phi) is 5.16. The van der Waals surface area contributed by atoms with Crippen molar-refractivity contribution in [3.05, 3.63) is 83.0 Å². The summed E-state index contributed by atoms with van der Waals surface area (Å²) in [5, 5.41) is 2.22. The predicted molar refractivity (Wildman–Crippen MR) is 116 cm³/mol. The number of nitrogens with one attached hydrogen (secondary N) is 1. The van der Waals surface area contributed by atoms with Gasteiger partial charge < -0.3 is 15.5 Å². The summed E-state index contributed by atoms with van der Waals surface area (Å²) in [5.74, 6) is 0.801. The molecular weight excluding hydrogens is 393 g/mol. The summed E-state index contributed by atoms with van der Waals surface area (Å²) < 4.78 is 5.88. The van der Waals surface area contributed by atoms with Crippen LogP contribution in [0.5, 0.6) is 5.75 Å². The molecule has 4 rings (SSSR count). The van der Waals surface area contributed by atoms with Crippen LogP contribution >= 0.6 is 23.2 Å². The van der Waals surface area contributed by atoms with Gasteiger partial charge in [-0.2, -0.15) is 0 Å². The number of pyridine rings is 1. The SMILES string of the molecule is [CH2]Cc1cc2cc(-c3cnc(N)c(OCc4c(Cl)cccc4Cl)c3)ccc2[nH]1. The number of H-pyrrole nitrogens is 1. The van der Waals surface area contributed by atoms with Crippen LogP contribution in [0.25, 0.3) is 22.0 Å². The lowest BCUT2D eigenvalue weighted by Gasteiger charge is -2.12. The summed E-state index contributed by atoms with van der Waals surface area (Å²) in [6.45, 7) is 4.13. The molecule has 2 heterocycles. The Morgan fingerprint density at radius 3 is 2.57 bits per heavy atom. The van der Waals surface area contributed by atoms with Crippen LogP contribution in [0.3, 0.4) is 0 Å². The molecule has 0 aliphatic heterocycles. The number of nitrogens with two attached hydrogens (primary N) is 1. The van der Waals surface area contributed by atoms with Crippen LogP contribution in [0.1, 0.15) is 11.3 Å². The van der Waals surface area contributed by atoms with Crippen molar-refractivity contribution in [2.75, 3.05) is 5.73 Å². The lowest BCUT2D eigenvalue weighted by Crippen LogP contribution is -2.02. The summed E-state index contributed by atoms with van der Waals surface area (Å²) >= 11 is 12.4. The van der Waals surface area contributed by atoms with Gasteiger partial charge in [-0.3, -0.25) is 0 Å². The standard InChI is InChI=1S/C22H18Cl2N3O/c1-2-16-9-14-8-13(6-7-20(14)27-16)15-10-21(22(25)26-11-15)28-12-17-18(23)4-3-5-19(17)24/h3-11,27H,1-2,12H2,(H2,25,26). The maximum Gasteiger partial charge on any atom is 0.166 e. The number of anilines is 1. The molecule has 141 valence electrons. The molecule has 2 aromatic heterocycles. The smallest absolute Gasteiger partial charge is 0.166 e. The minimum absolute atomic E-state index is 0.206. The van der Waals surface area contributed by atoms with E-state index in [2.05, 4.69) is 29.0 Å². The highest BCUT2D eigenvalue weighted by atomic mass is 35.5. The predicted octanol–water partition coefficient (Wildman–Crippen LogP) is 6.07. The number of fused-ring (bicyclic) bond motifs is 1. The zero-order valence-corrected chi connectivity index (χ0v) is 16.5. The van der Waals surface area contributed by atoms with E-state index in [0.717, 1.165) is 34.1 Å². The number of nitrogen functional groups attached to an aromatic ring is 1. The van der Waals surface area contributed by atoms with E-state index in [1.54, 1.807) is 24.4 Å². The maximum atomic E-state index is 6.21. The Balaban J connectivity index is 1.63. The van der Waals surface area contributed by atoms with E-state index in [1.807, 2.05) is 18.2 Å². The second-order valence-electron chi connectivity index (χ2n) is 6.44. The van der Waals surface area contributed by atoms with E-state index in [4.69, 9.17) is 33.7 Å². The lowest BCUT2D eigenvalue weighted by molar-refractivity contribution is 0.307. The molecule has 0 saturated carbocycles. The van der Waals surface area contributed by atoms with E-state index in [0.29, 0.717) is 27.2 Å². The van der Waals surface area contributed by atoms with Crippen molar-refractivity contribution in [3.8, 4) is 16.9 Å². The van der Waals surface area contributed by atoms with Crippen molar-refractivity contribution < 1.29 is 4.74 Å². The highest BCUT2D eigenvalue weighted by Crippen LogP contribution is 2.31. The van der Waals surface area contributed by atoms with Crippen LogP contribution in [0, 0.1) is 6.92 Å². The third kappa shape index (κ3) is 3.66. The van der Waals surface area contributed by atoms with Crippen LogP contribution in [0.15, 0.2) is 54.7 Å². The highest BCUT2D eigenvalue weighted by molar-refractivity contribution is 6.35. The van der Waals surface area contributed by atoms with E-state index < -0.39 is 0 Å². The summed E-state index contributed by atoms with van der Waals surface area (Å²) in [5.41, 5.74) is 10.8. The topological polar surface area (TPSA) is 63.9 Å². The van der Waals surface area contributed by atoms with Crippen molar-refractivity contribution in [3.63, 3.8) is 0 Å². The first-order valence-electron chi connectivity index (χ1n) is 8.77. The number of rotatable bonds is 5. The number of aromatic amines is 1. The summed E-state index contributed by atoms with van der Waals surface area (Å²) in [4.78, 5) is 7.63. The molecule has 6 heteroatoms. The minimum atomic E-state index is 0.206. The molecule has 1 radical (unpaired) electrons. The Hall–Kier alpha value is -2.69.